The molecule has 1 aromatic rings. The Hall–Kier alpha value is -0.400. The number of aryl methyl sites for hydroxylation is 1. The standard InChI is InChI=1S/C9H9ClS/c1-2-7-4-3-5-8(6-7)9(10)11/h3-6H,2H2,1H3. The van der Waals surface area contributed by atoms with Gasteiger partial charge in [0.2, 0.25) is 0 Å². The van der Waals surface area contributed by atoms with Crippen molar-refractivity contribution in [2.24, 2.45) is 0 Å². The monoisotopic (exact) mass is 184 g/mol. The van der Waals surface area contributed by atoms with E-state index in [9.17, 15) is 0 Å². The highest BCUT2D eigenvalue weighted by Gasteiger charge is 1.96. The van der Waals surface area contributed by atoms with E-state index < -0.39 is 0 Å². The maximum absolute atomic E-state index is 5.66. The van der Waals surface area contributed by atoms with Crippen LogP contribution in [0.4, 0.5) is 0 Å². The summed E-state index contributed by atoms with van der Waals surface area (Å²) in [5, 5.41) is 0. The van der Waals surface area contributed by atoms with Gasteiger partial charge in [-0.15, -0.1) is 0 Å². The lowest BCUT2D eigenvalue weighted by Crippen LogP contribution is -1.88. The number of rotatable bonds is 2. The predicted molar refractivity (Wildman–Crippen MR) is 53.4 cm³/mol. The molecule has 0 aliphatic heterocycles. The largest absolute Gasteiger partial charge is 0.111 e. The fourth-order valence-electron chi connectivity index (χ4n) is 0.914. The average Bonchev–Trinajstić information content (AvgIpc) is 2.05. The average molecular weight is 185 g/mol. The van der Waals surface area contributed by atoms with Gasteiger partial charge in [0.1, 0.15) is 4.32 Å². The molecule has 2 heteroatoms. The molecule has 0 nitrogen and oxygen atoms in total. The van der Waals surface area contributed by atoms with Gasteiger partial charge in [0.05, 0.1) is 0 Å². The summed E-state index contributed by atoms with van der Waals surface area (Å²) >= 11 is 10.5. The molecule has 0 atom stereocenters. The molecule has 0 aromatic heterocycles. The number of hydrogen-bond donors (Lipinski definition) is 0. The van der Waals surface area contributed by atoms with E-state index in [1.807, 2.05) is 18.2 Å². The van der Waals surface area contributed by atoms with Gasteiger partial charge in [-0.3, -0.25) is 0 Å². The molecule has 0 unspecified atom stereocenters. The molecule has 11 heavy (non-hydrogen) atoms. The van der Waals surface area contributed by atoms with Gasteiger partial charge in [-0.05, 0) is 18.1 Å². The number of thiocarbonyl (C=S) groups is 1. The Kier molecular flexibility index (Phi) is 3.03. The second-order valence-corrected chi connectivity index (χ2v) is 3.34. The van der Waals surface area contributed by atoms with Crippen molar-refractivity contribution in [2.75, 3.05) is 0 Å². The first-order valence-corrected chi connectivity index (χ1v) is 4.31. The lowest BCUT2D eigenvalue weighted by molar-refractivity contribution is 1.14. The Morgan fingerprint density at radius 1 is 1.55 bits per heavy atom. The van der Waals surface area contributed by atoms with Crippen molar-refractivity contribution in [3.05, 3.63) is 35.4 Å². The summed E-state index contributed by atoms with van der Waals surface area (Å²) in [7, 11) is 0. The van der Waals surface area contributed by atoms with Crippen LogP contribution >= 0.6 is 23.8 Å². The lowest BCUT2D eigenvalue weighted by atomic mass is 10.1. The minimum absolute atomic E-state index is 0.445. The van der Waals surface area contributed by atoms with Crippen LogP contribution in [0.3, 0.4) is 0 Å². The molecule has 0 spiro atoms. The summed E-state index contributed by atoms with van der Waals surface area (Å²) in [4.78, 5) is 0. The minimum atomic E-state index is 0.445. The topological polar surface area (TPSA) is 0 Å². The van der Waals surface area contributed by atoms with Crippen LogP contribution in [0.5, 0.6) is 0 Å². The van der Waals surface area contributed by atoms with Crippen molar-refractivity contribution in [1.82, 2.24) is 0 Å². The second-order valence-electron chi connectivity index (χ2n) is 2.33. The fourth-order valence-corrected chi connectivity index (χ4v) is 1.16. The summed E-state index contributed by atoms with van der Waals surface area (Å²) in [5.74, 6) is 0. The number of benzene rings is 1. The van der Waals surface area contributed by atoms with Crippen molar-refractivity contribution >= 4 is 28.1 Å². The normalized spacial score (nSPS) is 9.64. The molecule has 1 aromatic carbocycles. The van der Waals surface area contributed by atoms with E-state index in [2.05, 4.69) is 13.0 Å². The molecule has 58 valence electrons. The number of hydrogen-bond acceptors (Lipinski definition) is 1. The molecule has 0 saturated carbocycles. The third-order valence-electron chi connectivity index (χ3n) is 1.56. The van der Waals surface area contributed by atoms with E-state index in [-0.39, 0.29) is 0 Å². The summed E-state index contributed by atoms with van der Waals surface area (Å²) in [6.07, 6.45) is 1.02. The van der Waals surface area contributed by atoms with Crippen molar-refractivity contribution < 1.29 is 0 Å². The van der Waals surface area contributed by atoms with E-state index in [0.29, 0.717) is 4.32 Å². The molecule has 1 rings (SSSR count). The van der Waals surface area contributed by atoms with Crippen LogP contribution in [0.15, 0.2) is 24.3 Å². The first-order valence-electron chi connectivity index (χ1n) is 3.53. The second kappa shape index (κ2) is 3.84. The minimum Gasteiger partial charge on any atom is -0.0709 e. The molecule has 0 saturated heterocycles. The van der Waals surface area contributed by atoms with Gasteiger partial charge in [-0.1, -0.05) is 48.9 Å². The Bertz CT molecular complexity index is 268. The molecule has 0 heterocycles. The summed E-state index contributed by atoms with van der Waals surface area (Å²) in [5.41, 5.74) is 2.21. The van der Waals surface area contributed by atoms with Crippen LogP contribution < -0.4 is 0 Å². The quantitative estimate of drug-likeness (QED) is 0.503. The fraction of sp³-hybridized carbons (Fsp3) is 0.222. The van der Waals surface area contributed by atoms with Gasteiger partial charge in [-0.25, -0.2) is 0 Å². The predicted octanol–water partition coefficient (Wildman–Crippen LogP) is 3.16. The van der Waals surface area contributed by atoms with Gasteiger partial charge < -0.3 is 0 Å². The first-order chi connectivity index (χ1) is 5.24. The molecule has 0 aliphatic rings. The zero-order valence-corrected chi connectivity index (χ0v) is 7.88. The van der Waals surface area contributed by atoms with Crippen molar-refractivity contribution in [2.45, 2.75) is 13.3 Å². The zero-order valence-electron chi connectivity index (χ0n) is 6.30. The Labute approximate surface area is 77.2 Å². The van der Waals surface area contributed by atoms with Crippen LogP contribution in [-0.4, -0.2) is 4.32 Å². The highest BCUT2D eigenvalue weighted by molar-refractivity contribution is 7.83. The van der Waals surface area contributed by atoms with Crippen LogP contribution in [0, 0.1) is 0 Å². The highest BCUT2D eigenvalue weighted by atomic mass is 35.5. The van der Waals surface area contributed by atoms with Crippen molar-refractivity contribution in [3.8, 4) is 0 Å². The Morgan fingerprint density at radius 3 is 2.82 bits per heavy atom. The third-order valence-corrected chi connectivity index (χ3v) is 2.02. The van der Waals surface area contributed by atoms with E-state index in [1.165, 1.54) is 5.56 Å². The van der Waals surface area contributed by atoms with Crippen molar-refractivity contribution in [1.29, 1.82) is 0 Å². The summed E-state index contributed by atoms with van der Waals surface area (Å²) in [6, 6.07) is 7.99. The Morgan fingerprint density at radius 2 is 2.27 bits per heavy atom. The van der Waals surface area contributed by atoms with E-state index in [0.717, 1.165) is 12.0 Å². The van der Waals surface area contributed by atoms with Gasteiger partial charge in [0.15, 0.2) is 0 Å². The summed E-state index contributed by atoms with van der Waals surface area (Å²) in [6.45, 7) is 2.11. The van der Waals surface area contributed by atoms with Crippen LogP contribution in [-0.2, 0) is 6.42 Å². The SMILES string of the molecule is CCc1cccc(C(=S)Cl)c1. The Balaban J connectivity index is 3.01. The maximum Gasteiger partial charge on any atom is 0.111 e. The molecule has 0 amide bonds. The first kappa shape index (κ1) is 8.69. The zero-order chi connectivity index (χ0) is 8.27. The molecule has 0 aliphatic carbocycles. The van der Waals surface area contributed by atoms with Gasteiger partial charge in [0.25, 0.3) is 0 Å². The molecule has 0 N–H and O–H groups in total. The molecular weight excluding hydrogens is 176 g/mol. The van der Waals surface area contributed by atoms with Gasteiger partial charge in [-0.2, -0.15) is 0 Å². The highest BCUT2D eigenvalue weighted by Crippen LogP contribution is 2.09. The maximum atomic E-state index is 5.66. The smallest absolute Gasteiger partial charge is 0.0709 e. The van der Waals surface area contributed by atoms with Crippen molar-refractivity contribution in [3.63, 3.8) is 0 Å². The van der Waals surface area contributed by atoms with Gasteiger partial charge in [0, 0.05) is 5.56 Å². The molecule has 0 radical (unpaired) electrons. The van der Waals surface area contributed by atoms with E-state index in [4.69, 9.17) is 23.8 Å². The van der Waals surface area contributed by atoms with Crippen LogP contribution in [0.1, 0.15) is 18.1 Å². The van der Waals surface area contributed by atoms with E-state index in [1.54, 1.807) is 0 Å². The molecule has 0 bridgehead atoms. The van der Waals surface area contributed by atoms with E-state index >= 15 is 0 Å². The lowest BCUT2D eigenvalue weighted by Gasteiger charge is -1.98. The van der Waals surface area contributed by atoms with Crippen LogP contribution in [0.2, 0.25) is 0 Å². The third kappa shape index (κ3) is 2.28. The molecular formula is C9H9ClS. The van der Waals surface area contributed by atoms with Gasteiger partial charge >= 0.3 is 0 Å². The molecule has 0 fully saturated rings. The summed E-state index contributed by atoms with van der Waals surface area (Å²) < 4.78 is 0.445. The van der Waals surface area contributed by atoms with Crippen LogP contribution in [0.25, 0.3) is 0 Å². The number of halogens is 1.